The van der Waals surface area contributed by atoms with Crippen LogP contribution in [0.2, 0.25) is 0 Å². The van der Waals surface area contributed by atoms with Gasteiger partial charge < -0.3 is 18.9 Å². The standard InChI is InChI=1S/C23H24N2O4/c1-27-22-14-18(9-10-21(22)28-16-17-6-3-2-4-7-17)15-23(26)25-12-5-8-20(25)19-11-13-29-24-19/h2-4,6-7,9-11,13-14,20H,5,8,12,15-16H2,1H3. The fourth-order valence-corrected chi connectivity index (χ4v) is 3.72. The molecule has 0 spiro atoms. The van der Waals surface area contributed by atoms with Crippen molar-refractivity contribution in [1.29, 1.82) is 0 Å². The number of benzene rings is 2. The molecule has 4 rings (SSSR count). The van der Waals surface area contributed by atoms with E-state index in [9.17, 15) is 4.79 Å². The first-order valence-corrected chi connectivity index (χ1v) is 9.78. The Morgan fingerprint density at radius 3 is 2.76 bits per heavy atom. The summed E-state index contributed by atoms with van der Waals surface area (Å²) in [4.78, 5) is 14.8. The molecule has 3 aromatic rings. The molecule has 29 heavy (non-hydrogen) atoms. The van der Waals surface area contributed by atoms with Crippen LogP contribution >= 0.6 is 0 Å². The maximum absolute atomic E-state index is 12.9. The summed E-state index contributed by atoms with van der Waals surface area (Å²) < 4.78 is 16.3. The second-order valence-corrected chi connectivity index (χ2v) is 7.11. The molecule has 1 atom stereocenters. The van der Waals surface area contributed by atoms with Crippen molar-refractivity contribution in [2.75, 3.05) is 13.7 Å². The van der Waals surface area contributed by atoms with Crippen LogP contribution in [-0.2, 0) is 17.8 Å². The van der Waals surface area contributed by atoms with Crippen molar-refractivity contribution in [2.45, 2.75) is 31.9 Å². The Bertz CT molecular complexity index is 941. The van der Waals surface area contributed by atoms with Crippen LogP contribution in [0.15, 0.2) is 65.4 Å². The van der Waals surface area contributed by atoms with E-state index >= 15 is 0 Å². The third-order valence-electron chi connectivity index (χ3n) is 5.19. The summed E-state index contributed by atoms with van der Waals surface area (Å²) in [5.41, 5.74) is 2.80. The Hall–Kier alpha value is -3.28. The van der Waals surface area contributed by atoms with Crippen molar-refractivity contribution in [2.24, 2.45) is 0 Å². The van der Waals surface area contributed by atoms with Crippen molar-refractivity contribution in [1.82, 2.24) is 10.1 Å². The molecule has 0 bridgehead atoms. The van der Waals surface area contributed by atoms with Gasteiger partial charge in [-0.1, -0.05) is 41.6 Å². The molecule has 0 N–H and O–H groups in total. The number of carbonyl (C=O) groups excluding carboxylic acids is 1. The van der Waals surface area contributed by atoms with Crippen LogP contribution in [0.25, 0.3) is 0 Å². The second kappa shape index (κ2) is 8.82. The highest BCUT2D eigenvalue weighted by Gasteiger charge is 2.31. The lowest BCUT2D eigenvalue weighted by molar-refractivity contribution is -0.131. The van der Waals surface area contributed by atoms with Crippen LogP contribution in [-0.4, -0.2) is 29.6 Å². The molecular formula is C23H24N2O4. The summed E-state index contributed by atoms with van der Waals surface area (Å²) in [7, 11) is 1.61. The molecule has 150 valence electrons. The van der Waals surface area contributed by atoms with E-state index in [0.29, 0.717) is 24.5 Å². The highest BCUT2D eigenvalue weighted by Crippen LogP contribution is 2.33. The lowest BCUT2D eigenvalue weighted by Gasteiger charge is -2.23. The molecule has 2 heterocycles. The molecule has 1 unspecified atom stereocenters. The largest absolute Gasteiger partial charge is 0.493 e. The molecule has 1 amide bonds. The molecule has 0 radical (unpaired) electrons. The zero-order valence-electron chi connectivity index (χ0n) is 16.4. The normalized spacial score (nSPS) is 16.0. The molecule has 6 heteroatoms. The molecule has 6 nitrogen and oxygen atoms in total. The van der Waals surface area contributed by atoms with E-state index in [1.165, 1.54) is 0 Å². The average Bonchev–Trinajstić information content (AvgIpc) is 3.45. The fraction of sp³-hybridized carbons (Fsp3) is 0.304. The van der Waals surface area contributed by atoms with E-state index < -0.39 is 0 Å². The van der Waals surface area contributed by atoms with Crippen LogP contribution < -0.4 is 9.47 Å². The molecule has 0 aliphatic carbocycles. The van der Waals surface area contributed by atoms with Gasteiger partial charge in [-0.15, -0.1) is 0 Å². The number of rotatable bonds is 7. The van der Waals surface area contributed by atoms with Gasteiger partial charge in [0.1, 0.15) is 18.6 Å². The minimum atomic E-state index is -0.00313. The van der Waals surface area contributed by atoms with Crippen molar-refractivity contribution in [3.63, 3.8) is 0 Å². The fourth-order valence-electron chi connectivity index (χ4n) is 3.72. The second-order valence-electron chi connectivity index (χ2n) is 7.11. The SMILES string of the molecule is COc1cc(CC(=O)N2CCCC2c2ccon2)ccc1OCc1ccccc1. The Labute approximate surface area is 170 Å². The first kappa shape index (κ1) is 19.1. The molecular weight excluding hydrogens is 368 g/mol. The highest BCUT2D eigenvalue weighted by molar-refractivity contribution is 5.79. The van der Waals surface area contributed by atoms with Crippen LogP contribution in [0.4, 0.5) is 0 Å². The van der Waals surface area contributed by atoms with Crippen molar-refractivity contribution in [3.8, 4) is 11.5 Å². The minimum Gasteiger partial charge on any atom is -0.493 e. The summed E-state index contributed by atoms with van der Waals surface area (Å²) in [6, 6.07) is 17.5. The van der Waals surface area contributed by atoms with Gasteiger partial charge in [0.15, 0.2) is 11.5 Å². The molecule has 1 saturated heterocycles. The van der Waals surface area contributed by atoms with Gasteiger partial charge in [-0.3, -0.25) is 4.79 Å². The van der Waals surface area contributed by atoms with Crippen LogP contribution in [0.1, 0.15) is 35.7 Å². The molecule has 1 aliphatic heterocycles. The Balaban J connectivity index is 1.43. The summed E-state index contributed by atoms with van der Waals surface area (Å²) in [6.45, 7) is 1.20. The number of methoxy groups -OCH3 is 1. The van der Waals surface area contributed by atoms with Crippen LogP contribution in [0, 0.1) is 0 Å². The van der Waals surface area contributed by atoms with Gasteiger partial charge in [0.05, 0.1) is 19.6 Å². The predicted octanol–water partition coefficient (Wildman–Crippen LogP) is 4.17. The van der Waals surface area contributed by atoms with Crippen molar-refractivity contribution < 1.29 is 18.8 Å². The Morgan fingerprint density at radius 2 is 2.00 bits per heavy atom. The topological polar surface area (TPSA) is 64.8 Å². The number of carbonyl (C=O) groups is 1. The van der Waals surface area contributed by atoms with Gasteiger partial charge in [0.2, 0.25) is 5.91 Å². The van der Waals surface area contributed by atoms with Crippen molar-refractivity contribution >= 4 is 5.91 Å². The number of likely N-dealkylation sites (tertiary alicyclic amines) is 1. The van der Waals surface area contributed by atoms with E-state index in [1.54, 1.807) is 13.4 Å². The lowest BCUT2D eigenvalue weighted by atomic mass is 10.1. The van der Waals surface area contributed by atoms with Crippen LogP contribution in [0.5, 0.6) is 11.5 Å². The van der Waals surface area contributed by atoms with Crippen molar-refractivity contribution in [3.05, 3.63) is 77.7 Å². The zero-order chi connectivity index (χ0) is 20.1. The van der Waals surface area contributed by atoms with E-state index in [1.807, 2.05) is 59.5 Å². The number of nitrogens with zero attached hydrogens (tertiary/aromatic N) is 2. The summed E-state index contributed by atoms with van der Waals surface area (Å²) in [5, 5.41) is 4.02. The number of hydrogen-bond acceptors (Lipinski definition) is 5. The Kier molecular flexibility index (Phi) is 5.79. The Morgan fingerprint density at radius 1 is 1.14 bits per heavy atom. The first-order chi connectivity index (χ1) is 14.2. The van der Waals surface area contributed by atoms with Gasteiger partial charge in [0.25, 0.3) is 0 Å². The lowest BCUT2D eigenvalue weighted by Crippen LogP contribution is -2.32. The summed E-state index contributed by atoms with van der Waals surface area (Å²) in [5.74, 6) is 1.37. The average molecular weight is 392 g/mol. The van der Waals surface area contributed by atoms with Gasteiger partial charge in [-0.2, -0.15) is 0 Å². The molecule has 1 aromatic heterocycles. The minimum absolute atomic E-state index is 0.00313. The van der Waals surface area contributed by atoms with E-state index in [0.717, 1.165) is 36.2 Å². The van der Waals surface area contributed by atoms with E-state index in [2.05, 4.69) is 5.16 Å². The maximum Gasteiger partial charge on any atom is 0.227 e. The van der Waals surface area contributed by atoms with Gasteiger partial charge in [-0.05, 0) is 36.1 Å². The molecule has 2 aromatic carbocycles. The highest BCUT2D eigenvalue weighted by atomic mass is 16.5. The monoisotopic (exact) mass is 392 g/mol. The first-order valence-electron chi connectivity index (χ1n) is 9.78. The predicted molar refractivity (Wildman–Crippen MR) is 108 cm³/mol. The summed E-state index contributed by atoms with van der Waals surface area (Å²) in [6.07, 6.45) is 3.74. The number of hydrogen-bond donors (Lipinski definition) is 0. The molecule has 0 saturated carbocycles. The number of amides is 1. The van der Waals surface area contributed by atoms with Gasteiger partial charge >= 0.3 is 0 Å². The molecule has 1 fully saturated rings. The third kappa shape index (κ3) is 4.42. The van der Waals surface area contributed by atoms with Crippen LogP contribution in [0.3, 0.4) is 0 Å². The third-order valence-corrected chi connectivity index (χ3v) is 5.19. The quantitative estimate of drug-likeness (QED) is 0.604. The van der Waals surface area contributed by atoms with E-state index in [4.69, 9.17) is 14.0 Å². The maximum atomic E-state index is 12.9. The zero-order valence-corrected chi connectivity index (χ0v) is 16.4. The number of aromatic nitrogens is 1. The van der Waals surface area contributed by atoms with Gasteiger partial charge in [0, 0.05) is 12.6 Å². The summed E-state index contributed by atoms with van der Waals surface area (Å²) >= 11 is 0. The van der Waals surface area contributed by atoms with Gasteiger partial charge in [-0.25, -0.2) is 0 Å². The number of ether oxygens (including phenoxy) is 2. The smallest absolute Gasteiger partial charge is 0.227 e. The molecule has 1 aliphatic rings. The van der Waals surface area contributed by atoms with E-state index in [-0.39, 0.29) is 11.9 Å².